The van der Waals surface area contributed by atoms with E-state index in [-0.39, 0.29) is 13.6 Å². The van der Waals surface area contributed by atoms with Gasteiger partial charge in [-0.3, -0.25) is 0 Å². The van der Waals surface area contributed by atoms with Crippen LogP contribution >= 0.6 is 0 Å². The van der Waals surface area contributed by atoms with E-state index >= 15 is 0 Å². The molecule has 0 aromatic heterocycles. The van der Waals surface area contributed by atoms with Crippen LogP contribution in [0.25, 0.3) is 0 Å². The van der Waals surface area contributed by atoms with Crippen LogP contribution in [0.2, 0.25) is 0 Å². The van der Waals surface area contributed by atoms with Gasteiger partial charge in [0, 0.05) is 14.2 Å². The lowest BCUT2D eigenvalue weighted by atomic mass is 10.0. The average Bonchev–Trinajstić information content (AvgIpc) is 3.55. The Kier molecular flexibility index (Phi) is 8.77. The number of methoxy groups -OCH3 is 2. The lowest BCUT2D eigenvalue weighted by molar-refractivity contribution is -0.00915. The topological polar surface area (TPSA) is 55.4 Å². The number of benzene rings is 2. The minimum atomic E-state index is 0.219. The third kappa shape index (κ3) is 6.44. The highest BCUT2D eigenvalue weighted by Gasteiger charge is 2.42. The summed E-state index contributed by atoms with van der Waals surface area (Å²) in [5.74, 6) is 2.56. The first-order valence-electron chi connectivity index (χ1n) is 9.92. The fourth-order valence-electron chi connectivity index (χ4n) is 3.33. The summed E-state index contributed by atoms with van der Waals surface area (Å²) in [4.78, 5) is 0. The van der Waals surface area contributed by atoms with Gasteiger partial charge in [-0.25, -0.2) is 0 Å². The summed E-state index contributed by atoms with van der Waals surface area (Å²) in [7, 11) is 3.31. The van der Waals surface area contributed by atoms with Crippen LogP contribution in [0.15, 0.2) is 48.5 Å². The van der Waals surface area contributed by atoms with Gasteiger partial charge in [0.25, 0.3) is 0 Å². The van der Waals surface area contributed by atoms with Crippen molar-refractivity contribution in [2.75, 3.05) is 54.2 Å². The molecule has 0 heterocycles. The van der Waals surface area contributed by atoms with Crippen molar-refractivity contribution in [3.63, 3.8) is 0 Å². The van der Waals surface area contributed by atoms with Crippen molar-refractivity contribution in [2.24, 2.45) is 0 Å². The summed E-state index contributed by atoms with van der Waals surface area (Å²) in [6, 6.07) is 16.3. The Morgan fingerprint density at radius 2 is 1.10 bits per heavy atom. The third-order valence-corrected chi connectivity index (χ3v) is 4.89. The van der Waals surface area contributed by atoms with Gasteiger partial charge in [-0.1, -0.05) is 36.4 Å². The molecule has 1 aliphatic rings. The third-order valence-electron chi connectivity index (χ3n) is 4.89. The van der Waals surface area contributed by atoms with Crippen LogP contribution in [0, 0.1) is 0 Å². The first-order valence-corrected chi connectivity index (χ1v) is 9.92. The molecule has 1 saturated carbocycles. The molecule has 6 heteroatoms. The highest BCUT2D eigenvalue weighted by molar-refractivity contribution is 5.48. The lowest BCUT2D eigenvalue weighted by Gasteiger charge is -2.13. The van der Waals surface area contributed by atoms with E-state index in [1.54, 1.807) is 14.2 Å². The van der Waals surface area contributed by atoms with Crippen molar-refractivity contribution < 1.29 is 28.4 Å². The number of hydrogen-bond donors (Lipinski definition) is 0. The van der Waals surface area contributed by atoms with Gasteiger partial charge in [0.05, 0.1) is 26.4 Å². The molecule has 2 aromatic rings. The number of hydrogen-bond acceptors (Lipinski definition) is 6. The second-order valence-electron chi connectivity index (χ2n) is 6.85. The van der Waals surface area contributed by atoms with Crippen LogP contribution in [0.1, 0.15) is 29.4 Å². The molecule has 0 radical (unpaired) electrons. The van der Waals surface area contributed by atoms with Gasteiger partial charge >= 0.3 is 0 Å². The van der Waals surface area contributed by atoms with Crippen molar-refractivity contribution in [1.82, 2.24) is 0 Å². The van der Waals surface area contributed by atoms with E-state index in [0.29, 0.717) is 38.3 Å². The molecule has 1 fully saturated rings. The van der Waals surface area contributed by atoms with Crippen LogP contribution in [0.5, 0.6) is 11.5 Å². The summed E-state index contributed by atoms with van der Waals surface area (Å²) in [5, 5.41) is 0. The van der Waals surface area contributed by atoms with Crippen LogP contribution in [-0.2, 0) is 18.9 Å². The minimum Gasteiger partial charge on any atom is -0.467 e. The molecular formula is C23H30O6. The smallest absolute Gasteiger partial charge is 0.189 e. The van der Waals surface area contributed by atoms with Crippen LogP contribution in [0.3, 0.4) is 0 Å². The molecule has 2 aromatic carbocycles. The first-order chi connectivity index (χ1) is 14.3. The van der Waals surface area contributed by atoms with Crippen molar-refractivity contribution in [3.8, 4) is 11.5 Å². The monoisotopic (exact) mass is 402 g/mol. The van der Waals surface area contributed by atoms with Gasteiger partial charge in [0.15, 0.2) is 13.6 Å². The summed E-state index contributed by atoms with van der Waals surface area (Å²) in [5.41, 5.74) is 2.41. The van der Waals surface area contributed by atoms with Gasteiger partial charge in [-0.15, -0.1) is 0 Å². The standard InChI is InChI=1S/C23H30O6/c1-24-11-13-26-16-28-22-9-5-3-7-18(22)20-15-21(20)19-8-4-6-10-23(19)29-17-27-14-12-25-2/h3-10,20-21H,11-17H2,1-2H3. The van der Waals surface area contributed by atoms with Gasteiger partial charge in [0.2, 0.25) is 0 Å². The Morgan fingerprint density at radius 1 is 0.655 bits per heavy atom. The fraction of sp³-hybridized carbons (Fsp3) is 0.478. The molecule has 2 unspecified atom stereocenters. The van der Waals surface area contributed by atoms with E-state index in [4.69, 9.17) is 28.4 Å². The Bertz CT molecular complexity index is 673. The van der Waals surface area contributed by atoms with E-state index in [2.05, 4.69) is 24.3 Å². The van der Waals surface area contributed by atoms with E-state index in [1.165, 1.54) is 11.1 Å². The summed E-state index contributed by atoms with van der Waals surface area (Å²) >= 11 is 0. The maximum absolute atomic E-state index is 5.86. The molecule has 2 atom stereocenters. The zero-order chi connectivity index (χ0) is 20.3. The molecule has 0 aliphatic heterocycles. The summed E-state index contributed by atoms with van der Waals surface area (Å²) in [6.07, 6.45) is 1.07. The molecule has 0 bridgehead atoms. The largest absolute Gasteiger partial charge is 0.467 e. The van der Waals surface area contributed by atoms with Gasteiger partial charge in [-0.05, 0) is 41.5 Å². The lowest BCUT2D eigenvalue weighted by Crippen LogP contribution is -2.09. The maximum atomic E-state index is 5.86. The maximum Gasteiger partial charge on any atom is 0.189 e. The van der Waals surface area contributed by atoms with Gasteiger partial charge in [0.1, 0.15) is 11.5 Å². The van der Waals surface area contributed by atoms with Crippen molar-refractivity contribution in [2.45, 2.75) is 18.3 Å². The summed E-state index contributed by atoms with van der Waals surface area (Å²) in [6.45, 7) is 2.58. The van der Waals surface area contributed by atoms with E-state index in [0.717, 1.165) is 17.9 Å². The number of rotatable bonds is 14. The Labute approximate surface area is 172 Å². The van der Waals surface area contributed by atoms with Crippen molar-refractivity contribution in [3.05, 3.63) is 59.7 Å². The molecular weight excluding hydrogens is 372 g/mol. The van der Waals surface area contributed by atoms with Crippen LogP contribution in [-0.4, -0.2) is 54.2 Å². The average molecular weight is 402 g/mol. The number of ether oxygens (including phenoxy) is 6. The second-order valence-corrected chi connectivity index (χ2v) is 6.85. The molecule has 0 spiro atoms. The zero-order valence-corrected chi connectivity index (χ0v) is 17.2. The van der Waals surface area contributed by atoms with Crippen LogP contribution in [0.4, 0.5) is 0 Å². The van der Waals surface area contributed by atoms with Crippen LogP contribution < -0.4 is 9.47 Å². The number of para-hydroxylation sites is 2. The molecule has 6 nitrogen and oxygen atoms in total. The minimum absolute atomic E-state index is 0.219. The second kappa shape index (κ2) is 11.8. The van der Waals surface area contributed by atoms with Gasteiger partial charge in [-0.2, -0.15) is 0 Å². The van der Waals surface area contributed by atoms with Crippen molar-refractivity contribution in [1.29, 1.82) is 0 Å². The SMILES string of the molecule is COCCOCOc1ccccc1C1CC1c1ccccc1OCOCCOC. The molecule has 0 amide bonds. The Morgan fingerprint density at radius 3 is 1.55 bits per heavy atom. The highest BCUT2D eigenvalue weighted by atomic mass is 16.7. The van der Waals surface area contributed by atoms with E-state index in [9.17, 15) is 0 Å². The molecule has 0 N–H and O–H groups in total. The first kappa shape index (κ1) is 21.6. The zero-order valence-electron chi connectivity index (χ0n) is 17.2. The highest BCUT2D eigenvalue weighted by Crippen LogP contribution is 2.58. The Balaban J connectivity index is 1.58. The predicted molar refractivity (Wildman–Crippen MR) is 110 cm³/mol. The predicted octanol–water partition coefficient (Wildman–Crippen LogP) is 3.96. The normalized spacial score (nSPS) is 17.9. The quantitative estimate of drug-likeness (QED) is 0.352. The molecule has 0 saturated heterocycles. The van der Waals surface area contributed by atoms with E-state index in [1.807, 2.05) is 24.3 Å². The molecule has 1 aliphatic carbocycles. The molecule has 29 heavy (non-hydrogen) atoms. The van der Waals surface area contributed by atoms with Gasteiger partial charge < -0.3 is 28.4 Å². The Hall–Kier alpha value is -2.12. The fourth-order valence-corrected chi connectivity index (χ4v) is 3.33. The molecule has 158 valence electrons. The summed E-state index contributed by atoms with van der Waals surface area (Å²) < 4.78 is 32.6. The van der Waals surface area contributed by atoms with E-state index < -0.39 is 0 Å². The van der Waals surface area contributed by atoms with Crippen molar-refractivity contribution >= 4 is 0 Å². The molecule has 3 rings (SSSR count).